The topological polar surface area (TPSA) is 89.2 Å². The zero-order chi connectivity index (χ0) is 16.7. The van der Waals surface area contributed by atoms with Crippen LogP contribution in [-0.2, 0) is 16.4 Å². The van der Waals surface area contributed by atoms with Crippen molar-refractivity contribution in [1.82, 2.24) is 18.2 Å². The first kappa shape index (κ1) is 15.7. The molecule has 3 aromatic rings. The molecule has 3 heterocycles. The Morgan fingerprint density at radius 2 is 2.25 bits per heavy atom. The smallest absolute Gasteiger partial charge is 0.246 e. The standard InChI is InChI=1S/C15H16N4O3S2/c1-2-10-9-13(22-16-10)12-6-4-8-19(12)24(20,21)14-7-3-5-11-15(14)18-23-17-11/h3,5,7,9,12H,2,4,6,8H2,1H3/t12-/m0/s1. The second kappa shape index (κ2) is 5.91. The Bertz CT molecular complexity index is 979. The summed E-state index contributed by atoms with van der Waals surface area (Å²) in [6.45, 7) is 2.45. The number of fused-ring (bicyclic) bond motifs is 1. The van der Waals surface area contributed by atoms with Crippen LogP contribution in [0.15, 0.2) is 33.7 Å². The maximum absolute atomic E-state index is 13.2. The van der Waals surface area contributed by atoms with Gasteiger partial charge in [-0.25, -0.2) is 8.42 Å². The lowest BCUT2D eigenvalue weighted by Crippen LogP contribution is -2.30. The van der Waals surface area contributed by atoms with Crippen LogP contribution in [0.5, 0.6) is 0 Å². The fourth-order valence-corrected chi connectivity index (χ4v) is 5.50. The van der Waals surface area contributed by atoms with Gasteiger partial charge in [-0.1, -0.05) is 18.1 Å². The van der Waals surface area contributed by atoms with E-state index < -0.39 is 10.0 Å². The minimum Gasteiger partial charge on any atom is -0.359 e. The van der Waals surface area contributed by atoms with Crippen LogP contribution in [0.1, 0.15) is 37.3 Å². The second-order valence-corrected chi connectivity index (χ2v) is 8.12. The van der Waals surface area contributed by atoms with E-state index in [1.165, 1.54) is 4.31 Å². The van der Waals surface area contributed by atoms with Crippen molar-refractivity contribution in [2.75, 3.05) is 6.54 Å². The van der Waals surface area contributed by atoms with Crippen LogP contribution in [-0.4, -0.2) is 33.2 Å². The van der Waals surface area contributed by atoms with Crippen LogP contribution in [0.4, 0.5) is 0 Å². The van der Waals surface area contributed by atoms with Crippen LogP contribution >= 0.6 is 11.7 Å². The van der Waals surface area contributed by atoms with Gasteiger partial charge < -0.3 is 4.52 Å². The highest BCUT2D eigenvalue weighted by Gasteiger charge is 2.39. The molecule has 24 heavy (non-hydrogen) atoms. The average Bonchev–Trinajstić information content (AvgIpc) is 3.31. The van der Waals surface area contributed by atoms with E-state index in [9.17, 15) is 8.42 Å². The van der Waals surface area contributed by atoms with Crippen LogP contribution < -0.4 is 0 Å². The molecule has 126 valence electrons. The van der Waals surface area contributed by atoms with Gasteiger partial charge in [-0.3, -0.25) is 0 Å². The van der Waals surface area contributed by atoms with Crippen LogP contribution in [0, 0.1) is 0 Å². The third-order valence-electron chi connectivity index (χ3n) is 4.31. The number of hydrogen-bond donors (Lipinski definition) is 0. The number of benzene rings is 1. The van der Waals surface area contributed by atoms with E-state index in [1.807, 2.05) is 13.0 Å². The van der Waals surface area contributed by atoms with Crippen molar-refractivity contribution in [3.05, 3.63) is 35.7 Å². The number of aromatic nitrogens is 3. The molecule has 0 aliphatic carbocycles. The molecule has 1 atom stereocenters. The van der Waals surface area contributed by atoms with Crippen LogP contribution in [0.2, 0.25) is 0 Å². The van der Waals surface area contributed by atoms with Gasteiger partial charge in [0, 0.05) is 12.6 Å². The van der Waals surface area contributed by atoms with E-state index in [-0.39, 0.29) is 10.9 Å². The third kappa shape index (κ3) is 2.43. The zero-order valence-corrected chi connectivity index (χ0v) is 14.7. The molecule has 0 radical (unpaired) electrons. The van der Waals surface area contributed by atoms with Gasteiger partial charge >= 0.3 is 0 Å². The molecule has 0 spiro atoms. The summed E-state index contributed by atoms with van der Waals surface area (Å²) in [5.74, 6) is 0.608. The van der Waals surface area contributed by atoms with Crippen molar-refractivity contribution >= 4 is 32.8 Å². The van der Waals surface area contributed by atoms with E-state index in [1.54, 1.807) is 18.2 Å². The highest BCUT2D eigenvalue weighted by atomic mass is 32.2. The van der Waals surface area contributed by atoms with Gasteiger partial charge in [0.15, 0.2) is 5.76 Å². The SMILES string of the molecule is CCc1cc([C@@H]2CCCN2S(=O)(=O)c2cccc3nsnc23)on1. The normalized spacial score (nSPS) is 19.3. The minimum absolute atomic E-state index is 0.205. The summed E-state index contributed by atoms with van der Waals surface area (Å²) >= 11 is 1.02. The zero-order valence-electron chi connectivity index (χ0n) is 13.0. The number of sulfonamides is 1. The highest BCUT2D eigenvalue weighted by Crippen LogP contribution is 2.38. The Morgan fingerprint density at radius 1 is 1.38 bits per heavy atom. The summed E-state index contributed by atoms with van der Waals surface area (Å²) in [6, 6.07) is 6.59. The van der Waals surface area contributed by atoms with E-state index in [0.29, 0.717) is 23.3 Å². The molecule has 4 rings (SSSR count). The van der Waals surface area contributed by atoms with E-state index >= 15 is 0 Å². The molecule has 7 nitrogen and oxygen atoms in total. The Morgan fingerprint density at radius 3 is 3.04 bits per heavy atom. The van der Waals surface area contributed by atoms with E-state index in [4.69, 9.17) is 4.52 Å². The molecule has 1 aliphatic rings. The first-order valence-electron chi connectivity index (χ1n) is 7.80. The van der Waals surface area contributed by atoms with Crippen LogP contribution in [0.25, 0.3) is 11.0 Å². The largest absolute Gasteiger partial charge is 0.359 e. The van der Waals surface area contributed by atoms with Crippen molar-refractivity contribution in [2.24, 2.45) is 0 Å². The van der Waals surface area contributed by atoms with Crippen molar-refractivity contribution in [3.63, 3.8) is 0 Å². The number of rotatable bonds is 4. The minimum atomic E-state index is -3.68. The summed E-state index contributed by atoms with van der Waals surface area (Å²) in [7, 11) is -3.68. The molecule has 1 aromatic carbocycles. The lowest BCUT2D eigenvalue weighted by molar-refractivity contribution is 0.296. The molecule has 1 fully saturated rings. The van der Waals surface area contributed by atoms with Gasteiger partial charge in [0.2, 0.25) is 10.0 Å². The van der Waals surface area contributed by atoms with E-state index in [0.717, 1.165) is 36.7 Å². The Balaban J connectivity index is 1.77. The molecule has 9 heteroatoms. The molecule has 0 bridgehead atoms. The lowest BCUT2D eigenvalue weighted by atomic mass is 10.1. The first-order chi connectivity index (χ1) is 11.6. The van der Waals surface area contributed by atoms with Gasteiger partial charge in [0.1, 0.15) is 15.9 Å². The lowest BCUT2D eigenvalue weighted by Gasteiger charge is -2.22. The fourth-order valence-electron chi connectivity index (χ4n) is 3.08. The second-order valence-electron chi connectivity index (χ2n) is 5.74. The molecule has 1 aliphatic heterocycles. The Labute approximate surface area is 143 Å². The van der Waals surface area contributed by atoms with Gasteiger partial charge in [0.05, 0.1) is 23.5 Å². The van der Waals surface area contributed by atoms with Gasteiger partial charge in [-0.15, -0.1) is 0 Å². The van der Waals surface area contributed by atoms with Crippen molar-refractivity contribution < 1.29 is 12.9 Å². The van der Waals surface area contributed by atoms with Crippen molar-refractivity contribution in [3.8, 4) is 0 Å². The molecule has 2 aromatic heterocycles. The molecule has 1 saturated heterocycles. The predicted molar refractivity (Wildman–Crippen MR) is 89.2 cm³/mol. The molecular formula is C15H16N4O3S2. The summed E-state index contributed by atoms with van der Waals surface area (Å²) in [5, 5.41) is 3.99. The maximum Gasteiger partial charge on any atom is 0.246 e. The predicted octanol–water partition coefficient (Wildman–Crippen LogP) is 2.77. The van der Waals surface area contributed by atoms with E-state index in [2.05, 4.69) is 13.9 Å². The Hall–Kier alpha value is -1.84. The Kier molecular flexibility index (Phi) is 3.86. The monoisotopic (exact) mass is 364 g/mol. The van der Waals surface area contributed by atoms with Gasteiger partial charge in [-0.2, -0.15) is 13.1 Å². The quantitative estimate of drug-likeness (QED) is 0.707. The molecular weight excluding hydrogens is 348 g/mol. The van der Waals surface area contributed by atoms with Crippen LogP contribution in [0.3, 0.4) is 0 Å². The fraction of sp³-hybridized carbons (Fsp3) is 0.400. The van der Waals surface area contributed by atoms with Crippen molar-refractivity contribution in [1.29, 1.82) is 0 Å². The summed E-state index contributed by atoms with van der Waals surface area (Å²) in [5.41, 5.74) is 1.87. The molecule has 0 saturated carbocycles. The number of nitrogens with zero attached hydrogens (tertiary/aromatic N) is 4. The molecule has 0 N–H and O–H groups in total. The molecule has 0 amide bonds. The number of hydrogen-bond acceptors (Lipinski definition) is 7. The summed E-state index contributed by atoms with van der Waals surface area (Å²) < 4.78 is 41.6. The highest BCUT2D eigenvalue weighted by molar-refractivity contribution is 7.89. The number of aryl methyl sites for hydroxylation is 1. The third-order valence-corrected chi connectivity index (χ3v) is 6.79. The van der Waals surface area contributed by atoms with Gasteiger partial charge in [-0.05, 0) is 31.4 Å². The molecule has 0 unspecified atom stereocenters. The maximum atomic E-state index is 13.2. The summed E-state index contributed by atoms with van der Waals surface area (Å²) in [6.07, 6.45) is 2.27. The summed E-state index contributed by atoms with van der Waals surface area (Å²) in [4.78, 5) is 0.205. The first-order valence-corrected chi connectivity index (χ1v) is 9.97. The van der Waals surface area contributed by atoms with Crippen molar-refractivity contribution in [2.45, 2.75) is 37.1 Å². The average molecular weight is 364 g/mol. The van der Waals surface area contributed by atoms with Gasteiger partial charge in [0.25, 0.3) is 0 Å².